The molecule has 4 heteroatoms. The molecule has 0 spiro atoms. The summed E-state index contributed by atoms with van der Waals surface area (Å²) < 4.78 is 0. The second-order valence-electron chi connectivity index (χ2n) is 3.46. The van der Waals surface area contributed by atoms with Crippen molar-refractivity contribution in [3.8, 4) is 0 Å². The first-order valence-electron chi connectivity index (χ1n) is 4.93. The van der Waals surface area contributed by atoms with E-state index < -0.39 is 0 Å². The number of thiol groups is 1. The molecule has 0 aliphatic carbocycles. The van der Waals surface area contributed by atoms with Crippen LogP contribution in [0.3, 0.4) is 0 Å². The zero-order valence-electron chi connectivity index (χ0n) is 8.05. The second kappa shape index (κ2) is 5.50. The van der Waals surface area contributed by atoms with Gasteiger partial charge < -0.3 is 10.6 Å². The Morgan fingerprint density at radius 2 is 2.23 bits per heavy atom. The number of hydrogen-bond donors (Lipinski definition) is 3. The number of carbonyl (C=O) groups excluding carboxylic acids is 1. The van der Waals surface area contributed by atoms with Gasteiger partial charge in [0.1, 0.15) is 0 Å². The summed E-state index contributed by atoms with van der Waals surface area (Å²) in [6.45, 7) is 3.99. The van der Waals surface area contributed by atoms with Crippen molar-refractivity contribution in [1.82, 2.24) is 10.6 Å². The molecule has 0 aromatic rings. The third kappa shape index (κ3) is 3.56. The van der Waals surface area contributed by atoms with Gasteiger partial charge in [-0.25, -0.2) is 0 Å². The van der Waals surface area contributed by atoms with E-state index >= 15 is 0 Å². The Kier molecular flexibility index (Phi) is 4.59. The van der Waals surface area contributed by atoms with Crippen LogP contribution in [0.1, 0.15) is 26.2 Å². The molecule has 0 saturated carbocycles. The van der Waals surface area contributed by atoms with Gasteiger partial charge in [0.15, 0.2) is 0 Å². The molecule has 3 nitrogen and oxygen atoms in total. The molecule has 1 aliphatic heterocycles. The summed E-state index contributed by atoms with van der Waals surface area (Å²) in [4.78, 5) is 11.4. The number of rotatable bonds is 3. The minimum absolute atomic E-state index is 0.0812. The maximum Gasteiger partial charge on any atom is 0.233 e. The molecule has 2 N–H and O–H groups in total. The van der Waals surface area contributed by atoms with E-state index in [0.717, 1.165) is 32.4 Å². The molecule has 1 saturated heterocycles. The monoisotopic (exact) mass is 202 g/mol. The van der Waals surface area contributed by atoms with Crippen LogP contribution in [-0.2, 0) is 4.79 Å². The van der Waals surface area contributed by atoms with Gasteiger partial charge in [-0.1, -0.05) is 6.92 Å². The van der Waals surface area contributed by atoms with Crippen molar-refractivity contribution in [2.24, 2.45) is 0 Å². The van der Waals surface area contributed by atoms with Gasteiger partial charge in [-0.05, 0) is 32.4 Å². The predicted molar refractivity (Wildman–Crippen MR) is 57.1 cm³/mol. The lowest BCUT2D eigenvalue weighted by Gasteiger charge is -2.24. The van der Waals surface area contributed by atoms with Gasteiger partial charge >= 0.3 is 0 Å². The lowest BCUT2D eigenvalue weighted by Crippen LogP contribution is -2.45. The number of carbonyl (C=O) groups is 1. The summed E-state index contributed by atoms with van der Waals surface area (Å²) in [6, 6.07) is 0.356. The lowest BCUT2D eigenvalue weighted by molar-refractivity contribution is -0.121. The first-order chi connectivity index (χ1) is 6.24. The number of nitrogens with one attached hydrogen (secondary N) is 2. The van der Waals surface area contributed by atoms with Crippen LogP contribution in [0.25, 0.3) is 0 Å². The molecule has 1 aliphatic rings. The topological polar surface area (TPSA) is 41.1 Å². The first-order valence-corrected chi connectivity index (χ1v) is 5.45. The van der Waals surface area contributed by atoms with Crippen LogP contribution in [0.4, 0.5) is 0 Å². The molecule has 0 radical (unpaired) electrons. The fourth-order valence-electron chi connectivity index (χ4n) is 1.45. The van der Waals surface area contributed by atoms with E-state index in [1.165, 1.54) is 0 Å². The summed E-state index contributed by atoms with van der Waals surface area (Å²) in [5.41, 5.74) is 0. The highest BCUT2D eigenvalue weighted by Crippen LogP contribution is 2.05. The molecule has 1 fully saturated rings. The van der Waals surface area contributed by atoms with E-state index in [2.05, 4.69) is 23.3 Å². The molecule has 0 bridgehead atoms. The third-order valence-electron chi connectivity index (χ3n) is 2.37. The fourth-order valence-corrected chi connectivity index (χ4v) is 1.52. The average Bonchev–Trinajstić information content (AvgIpc) is 2.18. The van der Waals surface area contributed by atoms with Crippen LogP contribution in [0.5, 0.6) is 0 Å². The van der Waals surface area contributed by atoms with Crippen LogP contribution < -0.4 is 10.6 Å². The van der Waals surface area contributed by atoms with Crippen molar-refractivity contribution in [2.45, 2.75) is 37.5 Å². The van der Waals surface area contributed by atoms with Crippen molar-refractivity contribution >= 4 is 18.5 Å². The van der Waals surface area contributed by atoms with Crippen LogP contribution in [0.15, 0.2) is 0 Å². The zero-order chi connectivity index (χ0) is 9.68. The molecule has 1 heterocycles. The second-order valence-corrected chi connectivity index (χ2v) is 4.08. The lowest BCUT2D eigenvalue weighted by atomic mass is 10.1. The van der Waals surface area contributed by atoms with Crippen molar-refractivity contribution in [1.29, 1.82) is 0 Å². The van der Waals surface area contributed by atoms with Gasteiger partial charge in [-0.2, -0.15) is 12.6 Å². The molecule has 0 aromatic heterocycles. The Bertz CT molecular complexity index is 169. The summed E-state index contributed by atoms with van der Waals surface area (Å²) in [5, 5.41) is 6.13. The standard InChI is InChI=1S/C9H18N2OS/c1-2-8(13)9(12)11-7-3-5-10-6-4-7/h7-8,10,13H,2-6H2,1H3,(H,11,12). The first kappa shape index (κ1) is 10.9. The SMILES string of the molecule is CCC(S)C(=O)NC1CCNCC1. The van der Waals surface area contributed by atoms with E-state index in [0.29, 0.717) is 6.04 Å². The minimum atomic E-state index is -0.144. The van der Waals surface area contributed by atoms with Gasteiger partial charge in [0, 0.05) is 6.04 Å². The van der Waals surface area contributed by atoms with E-state index in [9.17, 15) is 4.79 Å². The molecular weight excluding hydrogens is 184 g/mol. The van der Waals surface area contributed by atoms with E-state index in [1.807, 2.05) is 6.92 Å². The summed E-state index contributed by atoms with van der Waals surface area (Å²) >= 11 is 4.20. The normalized spacial score (nSPS) is 21.1. The Hall–Kier alpha value is -0.220. The van der Waals surface area contributed by atoms with Gasteiger partial charge in [-0.15, -0.1) is 0 Å². The average molecular weight is 202 g/mol. The third-order valence-corrected chi connectivity index (χ3v) is 2.97. The summed E-state index contributed by atoms with van der Waals surface area (Å²) in [6.07, 6.45) is 2.87. The molecule has 1 amide bonds. The van der Waals surface area contributed by atoms with E-state index in [1.54, 1.807) is 0 Å². The largest absolute Gasteiger partial charge is 0.352 e. The van der Waals surface area contributed by atoms with Crippen LogP contribution in [-0.4, -0.2) is 30.3 Å². The summed E-state index contributed by atoms with van der Waals surface area (Å²) in [5.74, 6) is 0.0812. The summed E-state index contributed by atoms with van der Waals surface area (Å²) in [7, 11) is 0. The predicted octanol–water partition coefficient (Wildman–Crippen LogP) is 0.563. The highest BCUT2D eigenvalue weighted by atomic mass is 32.1. The smallest absolute Gasteiger partial charge is 0.233 e. The number of hydrogen-bond acceptors (Lipinski definition) is 3. The van der Waals surface area contributed by atoms with Crippen LogP contribution >= 0.6 is 12.6 Å². The zero-order valence-corrected chi connectivity index (χ0v) is 8.94. The molecule has 1 atom stereocenters. The minimum Gasteiger partial charge on any atom is -0.352 e. The highest BCUT2D eigenvalue weighted by molar-refractivity contribution is 7.81. The van der Waals surface area contributed by atoms with Gasteiger partial charge in [0.05, 0.1) is 5.25 Å². The van der Waals surface area contributed by atoms with Crippen molar-refractivity contribution in [3.05, 3.63) is 0 Å². The molecule has 0 aromatic carbocycles. The molecule has 1 unspecified atom stereocenters. The number of piperidine rings is 1. The molecule has 13 heavy (non-hydrogen) atoms. The van der Waals surface area contributed by atoms with Gasteiger partial charge in [0.25, 0.3) is 0 Å². The Labute approximate surface area is 85.1 Å². The maximum absolute atomic E-state index is 11.4. The van der Waals surface area contributed by atoms with Gasteiger partial charge in [-0.3, -0.25) is 4.79 Å². The molecule has 1 rings (SSSR count). The quantitative estimate of drug-likeness (QED) is 0.585. The van der Waals surface area contributed by atoms with E-state index in [4.69, 9.17) is 0 Å². The fraction of sp³-hybridized carbons (Fsp3) is 0.889. The van der Waals surface area contributed by atoms with Crippen molar-refractivity contribution < 1.29 is 4.79 Å². The highest BCUT2D eigenvalue weighted by Gasteiger charge is 2.18. The molecular formula is C9H18N2OS. The number of amides is 1. The Morgan fingerprint density at radius 1 is 1.62 bits per heavy atom. The Morgan fingerprint density at radius 3 is 2.77 bits per heavy atom. The Balaban J connectivity index is 2.26. The van der Waals surface area contributed by atoms with Gasteiger partial charge in [0.2, 0.25) is 5.91 Å². The maximum atomic E-state index is 11.4. The van der Waals surface area contributed by atoms with Crippen LogP contribution in [0, 0.1) is 0 Å². The van der Waals surface area contributed by atoms with Crippen LogP contribution in [0.2, 0.25) is 0 Å². The molecule has 76 valence electrons. The van der Waals surface area contributed by atoms with Crippen molar-refractivity contribution in [3.63, 3.8) is 0 Å². The van der Waals surface area contributed by atoms with E-state index in [-0.39, 0.29) is 11.2 Å². The van der Waals surface area contributed by atoms with Crippen molar-refractivity contribution in [2.75, 3.05) is 13.1 Å².